The summed E-state index contributed by atoms with van der Waals surface area (Å²) in [5, 5.41) is 1.95. The number of nitrogens with zero attached hydrogens (tertiary/aromatic N) is 3. The van der Waals surface area contributed by atoms with Crippen molar-refractivity contribution < 1.29 is 9.53 Å². The molecule has 0 fully saturated rings. The molecule has 4 N–H and O–H groups in total. The number of hydrogen-bond donors (Lipinski definition) is 2. The average molecular weight is 398 g/mol. The minimum Gasteiger partial charge on any atom is -0.473 e. The van der Waals surface area contributed by atoms with E-state index in [0.717, 1.165) is 31.7 Å². The first kappa shape index (κ1) is 19.8. The number of hydrazine groups is 2. The Morgan fingerprint density at radius 2 is 1.86 bits per heavy atom. The lowest BCUT2D eigenvalue weighted by Crippen LogP contribution is -2.49. The standard InChI is InChI=1S/C20H23N5O2S/c1-13-6-4-8-17(25(22)20(26)24(3)21)15(13)12-27-19-9-5-7-16(23-19)18-11-10-14(2)28-18/h4-11H,12,21-22H2,1-3H3. The first-order valence-electron chi connectivity index (χ1n) is 8.69. The maximum atomic E-state index is 12.1. The van der Waals surface area contributed by atoms with Gasteiger partial charge in [-0.3, -0.25) is 5.01 Å². The van der Waals surface area contributed by atoms with Crippen LogP contribution < -0.4 is 21.4 Å². The van der Waals surface area contributed by atoms with E-state index in [1.165, 1.54) is 11.9 Å². The number of anilines is 1. The molecule has 0 saturated carbocycles. The molecule has 2 aromatic heterocycles. The maximum absolute atomic E-state index is 12.1. The van der Waals surface area contributed by atoms with Crippen LogP contribution in [0.1, 0.15) is 16.0 Å². The number of aryl methyl sites for hydroxylation is 2. The van der Waals surface area contributed by atoms with Crippen molar-refractivity contribution in [2.75, 3.05) is 12.1 Å². The molecule has 0 unspecified atom stereocenters. The maximum Gasteiger partial charge on any atom is 0.352 e. The SMILES string of the molecule is Cc1ccc(-c2cccc(OCc3c(C)cccc3N(N)C(=O)N(C)N)n2)s1. The Kier molecular flexibility index (Phi) is 5.93. The molecular formula is C20H23N5O2S. The fraction of sp³-hybridized carbons (Fsp3) is 0.200. The van der Waals surface area contributed by atoms with Gasteiger partial charge in [-0.2, -0.15) is 0 Å². The quantitative estimate of drug-likeness (QED) is 0.389. The van der Waals surface area contributed by atoms with Crippen molar-refractivity contribution in [3.05, 3.63) is 64.5 Å². The lowest BCUT2D eigenvalue weighted by molar-refractivity contribution is 0.216. The zero-order valence-corrected chi connectivity index (χ0v) is 16.9. The molecule has 8 heteroatoms. The second-order valence-corrected chi connectivity index (χ2v) is 7.68. The monoisotopic (exact) mass is 397 g/mol. The van der Waals surface area contributed by atoms with Crippen molar-refractivity contribution >= 4 is 23.1 Å². The van der Waals surface area contributed by atoms with Gasteiger partial charge in [0.25, 0.3) is 0 Å². The van der Waals surface area contributed by atoms with Crippen LogP contribution in [0.5, 0.6) is 5.88 Å². The van der Waals surface area contributed by atoms with Crippen LogP contribution in [0, 0.1) is 13.8 Å². The fourth-order valence-electron chi connectivity index (χ4n) is 2.72. The number of benzene rings is 1. The Balaban J connectivity index is 1.83. The highest BCUT2D eigenvalue weighted by Crippen LogP contribution is 2.28. The second kappa shape index (κ2) is 8.39. The second-order valence-electron chi connectivity index (χ2n) is 6.40. The van der Waals surface area contributed by atoms with Crippen molar-refractivity contribution in [3.8, 4) is 16.5 Å². The van der Waals surface area contributed by atoms with E-state index < -0.39 is 6.03 Å². The topological polar surface area (TPSA) is 97.7 Å². The van der Waals surface area contributed by atoms with E-state index in [9.17, 15) is 4.79 Å². The Morgan fingerprint density at radius 1 is 1.11 bits per heavy atom. The molecule has 0 aliphatic carbocycles. The number of carbonyl (C=O) groups excluding carboxylic acids is 1. The molecule has 0 saturated heterocycles. The first-order chi connectivity index (χ1) is 13.4. The Morgan fingerprint density at radius 3 is 2.54 bits per heavy atom. The number of urea groups is 1. The van der Waals surface area contributed by atoms with Crippen LogP contribution in [0.2, 0.25) is 0 Å². The third kappa shape index (κ3) is 4.30. The summed E-state index contributed by atoms with van der Waals surface area (Å²) in [7, 11) is 1.44. The first-order valence-corrected chi connectivity index (χ1v) is 9.51. The lowest BCUT2D eigenvalue weighted by atomic mass is 10.1. The summed E-state index contributed by atoms with van der Waals surface area (Å²) in [6.45, 7) is 4.22. The van der Waals surface area contributed by atoms with Crippen LogP contribution in [-0.4, -0.2) is 23.1 Å². The number of ether oxygens (including phenoxy) is 1. The number of thiophene rings is 1. The molecule has 2 amide bonds. The Labute approximate surface area is 168 Å². The van der Waals surface area contributed by atoms with E-state index in [-0.39, 0.29) is 6.61 Å². The summed E-state index contributed by atoms with van der Waals surface area (Å²) in [6, 6.07) is 14.8. The summed E-state index contributed by atoms with van der Waals surface area (Å²) >= 11 is 1.68. The predicted molar refractivity (Wildman–Crippen MR) is 112 cm³/mol. The van der Waals surface area contributed by atoms with Crippen LogP contribution >= 0.6 is 11.3 Å². The van der Waals surface area contributed by atoms with E-state index in [4.69, 9.17) is 16.4 Å². The molecule has 7 nitrogen and oxygen atoms in total. The molecule has 1 aromatic carbocycles. The molecule has 0 aliphatic rings. The number of hydrogen-bond acceptors (Lipinski definition) is 6. The van der Waals surface area contributed by atoms with E-state index in [1.54, 1.807) is 23.5 Å². The van der Waals surface area contributed by atoms with Crippen LogP contribution in [0.25, 0.3) is 10.6 Å². The third-order valence-electron chi connectivity index (χ3n) is 4.23. The van der Waals surface area contributed by atoms with E-state index in [1.807, 2.05) is 37.3 Å². The average Bonchev–Trinajstić information content (AvgIpc) is 3.12. The number of nitrogens with two attached hydrogens (primary N) is 2. The normalized spacial score (nSPS) is 10.6. The van der Waals surface area contributed by atoms with Gasteiger partial charge in [-0.15, -0.1) is 11.3 Å². The largest absolute Gasteiger partial charge is 0.473 e. The molecule has 0 bridgehead atoms. The predicted octanol–water partition coefficient (Wildman–Crippen LogP) is 3.61. The Hall–Kier alpha value is -2.94. The van der Waals surface area contributed by atoms with Gasteiger partial charge in [-0.1, -0.05) is 18.2 Å². The molecule has 0 aliphatic heterocycles. The van der Waals surface area contributed by atoms with Crippen LogP contribution in [0.15, 0.2) is 48.5 Å². The third-order valence-corrected chi connectivity index (χ3v) is 5.26. The molecule has 3 rings (SSSR count). The van der Waals surface area contributed by atoms with E-state index in [0.29, 0.717) is 11.6 Å². The molecule has 0 spiro atoms. The van der Waals surface area contributed by atoms with Crippen molar-refractivity contribution in [1.29, 1.82) is 0 Å². The summed E-state index contributed by atoms with van der Waals surface area (Å²) < 4.78 is 5.93. The van der Waals surface area contributed by atoms with Gasteiger partial charge >= 0.3 is 6.03 Å². The number of aromatic nitrogens is 1. The van der Waals surface area contributed by atoms with Gasteiger partial charge in [0.15, 0.2) is 0 Å². The van der Waals surface area contributed by atoms with Gasteiger partial charge in [0.1, 0.15) is 6.61 Å². The van der Waals surface area contributed by atoms with Crippen LogP contribution in [-0.2, 0) is 6.61 Å². The van der Waals surface area contributed by atoms with Crippen molar-refractivity contribution in [3.63, 3.8) is 0 Å². The van der Waals surface area contributed by atoms with E-state index >= 15 is 0 Å². The summed E-state index contributed by atoms with van der Waals surface area (Å²) in [5.41, 5.74) is 3.14. The van der Waals surface area contributed by atoms with Gasteiger partial charge in [-0.05, 0) is 43.7 Å². The zero-order chi connectivity index (χ0) is 20.3. The molecule has 0 atom stereocenters. The van der Waals surface area contributed by atoms with Crippen molar-refractivity contribution in [2.45, 2.75) is 20.5 Å². The molecule has 146 valence electrons. The number of rotatable bonds is 5. The Bertz CT molecular complexity index is 986. The highest BCUT2D eigenvalue weighted by atomic mass is 32.1. The summed E-state index contributed by atoms with van der Waals surface area (Å²) in [5.74, 6) is 12.0. The molecule has 3 aromatic rings. The van der Waals surface area contributed by atoms with Crippen LogP contribution in [0.4, 0.5) is 10.5 Å². The van der Waals surface area contributed by atoms with Crippen molar-refractivity contribution in [2.24, 2.45) is 11.7 Å². The van der Waals surface area contributed by atoms with Gasteiger partial charge in [0.2, 0.25) is 5.88 Å². The minimum absolute atomic E-state index is 0.219. The highest BCUT2D eigenvalue weighted by Gasteiger charge is 2.19. The van der Waals surface area contributed by atoms with Crippen molar-refractivity contribution in [1.82, 2.24) is 9.99 Å². The summed E-state index contributed by atoms with van der Waals surface area (Å²) in [6.07, 6.45) is 0. The fourth-order valence-corrected chi connectivity index (χ4v) is 3.56. The lowest BCUT2D eigenvalue weighted by Gasteiger charge is -2.24. The highest BCUT2D eigenvalue weighted by molar-refractivity contribution is 7.15. The number of carbonyl (C=O) groups is 1. The molecule has 28 heavy (non-hydrogen) atoms. The van der Waals surface area contributed by atoms with E-state index in [2.05, 4.69) is 18.0 Å². The van der Waals surface area contributed by atoms with Crippen LogP contribution in [0.3, 0.4) is 0 Å². The van der Waals surface area contributed by atoms with Gasteiger partial charge in [-0.25, -0.2) is 26.5 Å². The zero-order valence-electron chi connectivity index (χ0n) is 16.0. The van der Waals surface area contributed by atoms with Gasteiger partial charge in [0.05, 0.1) is 16.3 Å². The van der Waals surface area contributed by atoms with Gasteiger partial charge in [0, 0.05) is 23.6 Å². The molecule has 0 radical (unpaired) electrons. The van der Waals surface area contributed by atoms with Gasteiger partial charge < -0.3 is 4.74 Å². The number of pyridine rings is 1. The smallest absolute Gasteiger partial charge is 0.352 e. The molecular weight excluding hydrogens is 374 g/mol. The number of amides is 2. The minimum atomic E-state index is -0.528. The summed E-state index contributed by atoms with van der Waals surface area (Å²) in [4.78, 5) is 19.0. The molecule has 2 heterocycles.